The molecule has 0 amide bonds. The van der Waals surface area contributed by atoms with E-state index in [2.05, 4.69) is 20.8 Å². The van der Waals surface area contributed by atoms with E-state index < -0.39 is 12.1 Å². The van der Waals surface area contributed by atoms with Crippen LogP contribution in [0.25, 0.3) is 0 Å². The number of hydrogen-bond acceptors (Lipinski definition) is 6. The predicted molar refractivity (Wildman–Crippen MR) is 73.5 cm³/mol. The van der Waals surface area contributed by atoms with Crippen molar-refractivity contribution < 1.29 is 19.1 Å². The Morgan fingerprint density at radius 3 is 2.33 bits per heavy atom. The Hall–Kier alpha value is -0.490. The fourth-order valence-electron chi connectivity index (χ4n) is 1.35. The van der Waals surface area contributed by atoms with Gasteiger partial charge in [0.2, 0.25) is 6.10 Å². The first-order valence-electron chi connectivity index (χ1n) is 5.85. The van der Waals surface area contributed by atoms with Crippen LogP contribution in [0.2, 0.25) is 0 Å². The van der Waals surface area contributed by atoms with Gasteiger partial charge in [-0.05, 0) is 0 Å². The normalized spacial score (nSPS) is 17.3. The van der Waals surface area contributed by atoms with Gasteiger partial charge >= 0.3 is 5.97 Å². The first-order valence-corrected chi connectivity index (χ1v) is 8.17. The average Bonchev–Trinajstić information content (AvgIpc) is 2.55. The molecule has 1 saturated carbocycles. The van der Waals surface area contributed by atoms with E-state index in [-0.39, 0.29) is 35.6 Å². The summed E-state index contributed by atoms with van der Waals surface area (Å²) in [4.78, 5) is 34.0. The third-order valence-corrected chi connectivity index (χ3v) is 5.49. The van der Waals surface area contributed by atoms with E-state index in [9.17, 15) is 14.4 Å². The number of ketones is 2. The van der Waals surface area contributed by atoms with Crippen molar-refractivity contribution in [2.45, 2.75) is 50.9 Å². The van der Waals surface area contributed by atoms with Crippen LogP contribution in [0.5, 0.6) is 0 Å². The van der Waals surface area contributed by atoms with Gasteiger partial charge in [-0.25, -0.2) is 0 Å². The maximum Gasteiger partial charge on any atom is 0.307 e. The number of Topliss-reactive ketones (excluding diaryl/α,β-unsaturated/α-hetero) is 2. The maximum atomic E-state index is 11.5. The molecule has 18 heavy (non-hydrogen) atoms. The molecule has 1 aliphatic rings. The highest BCUT2D eigenvalue weighted by Gasteiger charge is 2.35. The molecule has 0 spiro atoms. The molecule has 0 saturated heterocycles. The van der Waals surface area contributed by atoms with Crippen molar-refractivity contribution in [2.75, 3.05) is 5.75 Å². The molecule has 0 N–H and O–H groups in total. The van der Waals surface area contributed by atoms with Crippen molar-refractivity contribution >= 4 is 39.1 Å². The topological polar surface area (TPSA) is 60.4 Å². The van der Waals surface area contributed by atoms with E-state index in [1.165, 1.54) is 0 Å². The summed E-state index contributed by atoms with van der Waals surface area (Å²) in [5.74, 6) is -0.392. The van der Waals surface area contributed by atoms with Gasteiger partial charge in [0.05, 0.1) is 6.42 Å². The van der Waals surface area contributed by atoms with E-state index >= 15 is 0 Å². The number of ether oxygens (including phenoxy) is 1. The summed E-state index contributed by atoms with van der Waals surface area (Å²) < 4.78 is 5.05. The number of rotatable bonds is 5. The maximum absolute atomic E-state index is 11.5. The lowest BCUT2D eigenvalue weighted by molar-refractivity contribution is -0.157. The van der Waals surface area contributed by atoms with Crippen LogP contribution in [0.3, 0.4) is 0 Å². The minimum atomic E-state index is -1.13. The second-order valence-corrected chi connectivity index (χ2v) is 8.31. The summed E-state index contributed by atoms with van der Waals surface area (Å²) in [5, 5.41) is 0. The van der Waals surface area contributed by atoms with Crippen molar-refractivity contribution in [3.63, 3.8) is 0 Å². The Morgan fingerprint density at radius 2 is 1.83 bits per heavy atom. The molecule has 102 valence electrons. The van der Waals surface area contributed by atoms with Crippen molar-refractivity contribution in [1.29, 1.82) is 0 Å². The highest BCUT2D eigenvalue weighted by Crippen LogP contribution is 2.35. The third-order valence-electron chi connectivity index (χ3n) is 2.15. The molecule has 0 aromatic carbocycles. The Morgan fingerprint density at radius 1 is 1.28 bits per heavy atom. The van der Waals surface area contributed by atoms with Gasteiger partial charge in [-0.3, -0.25) is 14.4 Å². The van der Waals surface area contributed by atoms with Crippen LogP contribution in [0.15, 0.2) is 0 Å². The highest BCUT2D eigenvalue weighted by atomic mass is 33.1. The van der Waals surface area contributed by atoms with E-state index in [0.717, 1.165) is 0 Å². The second-order valence-electron chi connectivity index (χ2n) is 5.07. The molecular formula is C12H18O4S2. The standard InChI is InChI=1S/C12H18O4S2/c1-12(2,3)18-17-7-6-10(15)16-11-8(13)4-5-9(11)14/h11H,4-7H2,1-3H3. The first kappa shape index (κ1) is 15.6. The lowest BCUT2D eigenvalue weighted by atomic mass is 10.3. The fraction of sp³-hybridized carbons (Fsp3) is 0.750. The van der Waals surface area contributed by atoms with Crippen molar-refractivity contribution in [1.82, 2.24) is 0 Å². The van der Waals surface area contributed by atoms with Crippen LogP contribution in [0.4, 0.5) is 0 Å². The number of esters is 1. The largest absolute Gasteiger partial charge is 0.446 e. The van der Waals surface area contributed by atoms with Crippen molar-refractivity contribution in [3.05, 3.63) is 0 Å². The number of carbonyl (C=O) groups is 3. The SMILES string of the molecule is CC(C)(C)SSCCC(=O)OC1C(=O)CCC1=O. The van der Waals surface area contributed by atoms with Gasteiger partial charge in [-0.2, -0.15) is 0 Å². The molecule has 0 heterocycles. The summed E-state index contributed by atoms with van der Waals surface area (Å²) in [6, 6.07) is 0. The molecule has 4 nitrogen and oxygen atoms in total. The monoisotopic (exact) mass is 290 g/mol. The fourth-order valence-corrected chi connectivity index (χ4v) is 3.60. The van der Waals surface area contributed by atoms with Gasteiger partial charge in [0.15, 0.2) is 11.6 Å². The molecule has 0 atom stereocenters. The minimum absolute atomic E-state index is 0.145. The molecule has 0 aromatic rings. The third kappa shape index (κ3) is 5.44. The zero-order chi connectivity index (χ0) is 13.8. The molecular weight excluding hydrogens is 272 g/mol. The van der Waals surface area contributed by atoms with Gasteiger partial charge in [0.1, 0.15) is 0 Å². The summed E-state index contributed by atoms with van der Waals surface area (Å²) >= 11 is 0. The summed E-state index contributed by atoms with van der Waals surface area (Å²) in [7, 11) is 3.29. The smallest absolute Gasteiger partial charge is 0.307 e. The quantitative estimate of drug-likeness (QED) is 0.335. The van der Waals surface area contributed by atoms with Crippen molar-refractivity contribution in [3.8, 4) is 0 Å². The Kier molecular flexibility index (Phi) is 5.72. The summed E-state index contributed by atoms with van der Waals surface area (Å²) in [6.07, 6.45) is -0.500. The van der Waals surface area contributed by atoms with Gasteiger partial charge < -0.3 is 4.74 Å². The average molecular weight is 290 g/mol. The number of carbonyl (C=O) groups excluding carboxylic acids is 3. The van der Waals surface area contributed by atoms with Crippen LogP contribution in [0.1, 0.15) is 40.0 Å². The highest BCUT2D eigenvalue weighted by molar-refractivity contribution is 8.77. The van der Waals surface area contributed by atoms with Crippen LogP contribution >= 0.6 is 21.6 Å². The van der Waals surface area contributed by atoms with Crippen molar-refractivity contribution in [2.24, 2.45) is 0 Å². The number of hydrogen-bond donors (Lipinski definition) is 0. The van der Waals surface area contributed by atoms with Crippen LogP contribution in [-0.4, -0.2) is 34.1 Å². The molecule has 1 rings (SSSR count). The van der Waals surface area contributed by atoms with E-state index in [1.54, 1.807) is 21.6 Å². The van der Waals surface area contributed by atoms with Gasteiger partial charge in [0.25, 0.3) is 0 Å². The van der Waals surface area contributed by atoms with Crippen LogP contribution < -0.4 is 0 Å². The van der Waals surface area contributed by atoms with Gasteiger partial charge in [-0.1, -0.05) is 42.4 Å². The lowest BCUT2D eigenvalue weighted by Gasteiger charge is -2.16. The van der Waals surface area contributed by atoms with Gasteiger partial charge in [-0.15, -0.1) is 0 Å². The lowest BCUT2D eigenvalue weighted by Crippen LogP contribution is -2.28. The molecule has 0 bridgehead atoms. The summed E-state index contributed by atoms with van der Waals surface area (Å²) in [5.41, 5.74) is 0. The Bertz CT molecular complexity index is 330. The minimum Gasteiger partial charge on any atom is -0.446 e. The molecule has 0 radical (unpaired) electrons. The van der Waals surface area contributed by atoms with E-state index in [1.807, 2.05) is 0 Å². The Balaban J connectivity index is 2.22. The Labute approximate surface area is 115 Å². The van der Waals surface area contributed by atoms with Gasteiger partial charge in [0, 0.05) is 23.3 Å². The molecule has 1 aliphatic carbocycles. The molecule has 0 aromatic heterocycles. The zero-order valence-electron chi connectivity index (χ0n) is 10.9. The summed E-state index contributed by atoms with van der Waals surface area (Å²) in [6.45, 7) is 6.29. The predicted octanol–water partition coefficient (Wildman–Crippen LogP) is 2.40. The van der Waals surface area contributed by atoms with E-state index in [4.69, 9.17) is 4.74 Å². The zero-order valence-corrected chi connectivity index (χ0v) is 12.5. The van der Waals surface area contributed by atoms with Crippen LogP contribution in [0, 0.1) is 0 Å². The van der Waals surface area contributed by atoms with Crippen LogP contribution in [-0.2, 0) is 19.1 Å². The second kappa shape index (κ2) is 6.61. The first-order chi connectivity index (χ1) is 8.29. The molecule has 0 unspecified atom stereocenters. The molecule has 1 fully saturated rings. The molecule has 0 aliphatic heterocycles. The molecule has 6 heteroatoms. The van der Waals surface area contributed by atoms with E-state index in [0.29, 0.717) is 5.75 Å².